The fraction of sp³-hybridized carbons (Fsp3) is 0.211. The number of benzene rings is 1. The van der Waals surface area contributed by atoms with Gasteiger partial charge in [0.15, 0.2) is 0 Å². The number of piperazine rings is 1. The van der Waals surface area contributed by atoms with E-state index in [-0.39, 0.29) is 5.91 Å². The highest BCUT2D eigenvalue weighted by Crippen LogP contribution is 2.31. The van der Waals surface area contributed by atoms with Crippen molar-refractivity contribution in [2.45, 2.75) is 0 Å². The van der Waals surface area contributed by atoms with Gasteiger partial charge >= 0.3 is 0 Å². The Balaban J connectivity index is 1.46. The van der Waals surface area contributed by atoms with Crippen LogP contribution in [-0.2, 0) is 0 Å². The summed E-state index contributed by atoms with van der Waals surface area (Å²) in [4.78, 5) is 21.7. The van der Waals surface area contributed by atoms with Crippen LogP contribution in [0.15, 0.2) is 48.7 Å². The van der Waals surface area contributed by atoms with Gasteiger partial charge in [-0.25, -0.2) is 0 Å². The highest BCUT2D eigenvalue weighted by atomic mass is 35.5. The lowest BCUT2D eigenvalue weighted by Gasteiger charge is -2.36. The maximum Gasteiger partial charge on any atom is 0.267 e. The van der Waals surface area contributed by atoms with Crippen LogP contribution < -0.4 is 10.6 Å². The number of carbonyl (C=O) groups is 1. The van der Waals surface area contributed by atoms with Crippen LogP contribution >= 0.6 is 23.1 Å². The van der Waals surface area contributed by atoms with Gasteiger partial charge < -0.3 is 15.5 Å². The summed E-state index contributed by atoms with van der Waals surface area (Å²) in [6, 6.07) is 13.3. The molecule has 1 aliphatic rings. The minimum absolute atomic E-state index is 0.0714. The van der Waals surface area contributed by atoms with Crippen molar-refractivity contribution in [3.8, 4) is 11.4 Å². The number of nitrogens with zero attached hydrogens (tertiary/aromatic N) is 4. The van der Waals surface area contributed by atoms with Crippen molar-refractivity contribution < 1.29 is 4.79 Å². The first-order valence-corrected chi connectivity index (χ1v) is 9.75. The number of nitrogens with two attached hydrogens (primary N) is 1. The normalized spacial score (nSPS) is 14.4. The van der Waals surface area contributed by atoms with E-state index in [0.717, 1.165) is 30.3 Å². The number of amides is 1. The quantitative estimate of drug-likeness (QED) is 0.730. The van der Waals surface area contributed by atoms with Crippen LogP contribution in [0.4, 0.5) is 11.4 Å². The van der Waals surface area contributed by atoms with Crippen molar-refractivity contribution in [3.63, 3.8) is 0 Å². The molecule has 1 fully saturated rings. The summed E-state index contributed by atoms with van der Waals surface area (Å²) in [6.07, 6.45) is 1.69. The van der Waals surface area contributed by atoms with Gasteiger partial charge in [0.1, 0.15) is 10.6 Å². The van der Waals surface area contributed by atoms with Gasteiger partial charge in [-0.05, 0) is 41.9 Å². The monoisotopic (exact) mass is 399 g/mol. The zero-order valence-corrected chi connectivity index (χ0v) is 16.1. The van der Waals surface area contributed by atoms with Gasteiger partial charge in [0.2, 0.25) is 0 Å². The van der Waals surface area contributed by atoms with Crippen molar-refractivity contribution in [3.05, 3.63) is 58.6 Å². The molecule has 3 aromatic rings. The SMILES string of the molecule is Nc1c(-c2ccccn2)nsc1C(=O)N1CCN(c2cccc(Cl)c2)CC1. The summed E-state index contributed by atoms with van der Waals surface area (Å²) < 4.78 is 4.36. The zero-order valence-electron chi connectivity index (χ0n) is 14.5. The first-order chi connectivity index (χ1) is 13.1. The molecule has 6 nitrogen and oxygen atoms in total. The molecule has 1 aromatic carbocycles. The molecular formula is C19H18ClN5OS. The topological polar surface area (TPSA) is 75.3 Å². The van der Waals surface area contributed by atoms with Gasteiger partial charge in [-0.1, -0.05) is 23.7 Å². The Bertz CT molecular complexity index is 954. The molecule has 1 aliphatic heterocycles. The molecule has 0 bridgehead atoms. The molecule has 1 saturated heterocycles. The number of carbonyl (C=O) groups excluding carboxylic acids is 1. The van der Waals surface area contributed by atoms with Crippen LogP contribution in [0.2, 0.25) is 5.02 Å². The van der Waals surface area contributed by atoms with Gasteiger partial charge in [-0.2, -0.15) is 4.37 Å². The standard InChI is InChI=1S/C19H18ClN5OS/c20-13-4-3-5-14(12-13)24-8-10-25(11-9-24)19(26)18-16(21)17(23-27-18)15-6-1-2-7-22-15/h1-7,12H,8-11,21H2. The third-order valence-corrected chi connectivity index (χ3v) is 5.66. The summed E-state index contributed by atoms with van der Waals surface area (Å²) in [5.41, 5.74) is 8.94. The smallest absolute Gasteiger partial charge is 0.267 e. The first kappa shape index (κ1) is 17.8. The fourth-order valence-corrected chi connectivity index (χ4v) is 4.08. The van der Waals surface area contributed by atoms with Gasteiger partial charge in [-0.15, -0.1) is 0 Å². The highest BCUT2D eigenvalue weighted by molar-refractivity contribution is 7.09. The summed E-state index contributed by atoms with van der Waals surface area (Å²) in [5, 5.41) is 0.713. The number of hydrogen-bond donors (Lipinski definition) is 1. The molecule has 0 atom stereocenters. The molecule has 0 unspecified atom stereocenters. The first-order valence-electron chi connectivity index (χ1n) is 8.60. The van der Waals surface area contributed by atoms with Crippen LogP contribution in [0.3, 0.4) is 0 Å². The highest BCUT2D eigenvalue weighted by Gasteiger charge is 2.27. The molecule has 138 valence electrons. The molecule has 0 saturated carbocycles. The number of halogens is 1. The predicted molar refractivity (Wildman–Crippen MR) is 109 cm³/mol. The Hall–Kier alpha value is -2.64. The van der Waals surface area contributed by atoms with E-state index in [4.69, 9.17) is 17.3 Å². The van der Waals surface area contributed by atoms with Gasteiger partial charge in [0.05, 0.1) is 11.4 Å². The Kier molecular flexibility index (Phi) is 4.96. The Morgan fingerprint density at radius 1 is 1.11 bits per heavy atom. The minimum atomic E-state index is -0.0714. The summed E-state index contributed by atoms with van der Waals surface area (Å²) in [5.74, 6) is -0.0714. The number of nitrogen functional groups attached to an aromatic ring is 1. The summed E-state index contributed by atoms with van der Waals surface area (Å²) in [7, 11) is 0. The Labute approximate surface area is 166 Å². The molecule has 0 spiro atoms. The van der Waals surface area contributed by atoms with Crippen molar-refractivity contribution in [2.75, 3.05) is 36.8 Å². The lowest BCUT2D eigenvalue weighted by atomic mass is 10.2. The second kappa shape index (κ2) is 7.54. The summed E-state index contributed by atoms with van der Waals surface area (Å²) >= 11 is 7.21. The van der Waals surface area contributed by atoms with E-state index in [1.54, 1.807) is 6.20 Å². The van der Waals surface area contributed by atoms with Crippen molar-refractivity contribution in [1.29, 1.82) is 0 Å². The average Bonchev–Trinajstić information content (AvgIpc) is 3.09. The van der Waals surface area contributed by atoms with E-state index >= 15 is 0 Å². The second-order valence-corrected chi connectivity index (χ2v) is 7.46. The molecule has 8 heteroatoms. The second-order valence-electron chi connectivity index (χ2n) is 6.25. The number of pyridine rings is 1. The lowest BCUT2D eigenvalue weighted by molar-refractivity contribution is 0.0752. The van der Waals surface area contributed by atoms with Gasteiger partial charge in [0, 0.05) is 43.1 Å². The molecule has 2 N–H and O–H groups in total. The van der Waals surface area contributed by atoms with Crippen LogP contribution in [0.25, 0.3) is 11.4 Å². The van der Waals surface area contributed by atoms with E-state index in [9.17, 15) is 4.79 Å². The van der Waals surface area contributed by atoms with E-state index < -0.39 is 0 Å². The minimum Gasteiger partial charge on any atom is -0.396 e. The van der Waals surface area contributed by atoms with Crippen LogP contribution in [0, 0.1) is 0 Å². The third-order valence-electron chi connectivity index (χ3n) is 4.57. The number of anilines is 2. The maximum atomic E-state index is 12.9. The molecule has 2 aromatic heterocycles. The number of hydrogen-bond acceptors (Lipinski definition) is 6. The van der Waals surface area contributed by atoms with Crippen molar-refractivity contribution in [2.24, 2.45) is 0 Å². The van der Waals surface area contributed by atoms with E-state index in [1.807, 2.05) is 47.4 Å². The number of aromatic nitrogens is 2. The number of rotatable bonds is 3. The molecule has 0 aliphatic carbocycles. The summed E-state index contributed by atoms with van der Waals surface area (Å²) in [6.45, 7) is 2.75. The van der Waals surface area contributed by atoms with Crippen molar-refractivity contribution >= 4 is 40.4 Å². The van der Waals surface area contributed by atoms with Crippen LogP contribution in [0.5, 0.6) is 0 Å². The predicted octanol–water partition coefficient (Wildman–Crippen LogP) is 3.40. The van der Waals surface area contributed by atoms with E-state index in [1.165, 1.54) is 0 Å². The molecule has 3 heterocycles. The molecule has 0 radical (unpaired) electrons. The fourth-order valence-electron chi connectivity index (χ4n) is 3.12. The lowest BCUT2D eigenvalue weighted by Crippen LogP contribution is -2.48. The van der Waals surface area contributed by atoms with E-state index in [2.05, 4.69) is 14.3 Å². The van der Waals surface area contributed by atoms with Crippen LogP contribution in [-0.4, -0.2) is 46.3 Å². The van der Waals surface area contributed by atoms with E-state index in [0.29, 0.717) is 40.1 Å². The molecule has 1 amide bonds. The Morgan fingerprint density at radius 2 is 1.93 bits per heavy atom. The molecule has 27 heavy (non-hydrogen) atoms. The Morgan fingerprint density at radius 3 is 2.63 bits per heavy atom. The molecular weight excluding hydrogens is 382 g/mol. The van der Waals surface area contributed by atoms with Crippen LogP contribution in [0.1, 0.15) is 9.67 Å². The zero-order chi connectivity index (χ0) is 18.8. The van der Waals surface area contributed by atoms with Crippen molar-refractivity contribution in [1.82, 2.24) is 14.3 Å². The van der Waals surface area contributed by atoms with Gasteiger partial charge in [0.25, 0.3) is 5.91 Å². The average molecular weight is 400 g/mol. The molecule has 4 rings (SSSR count). The largest absolute Gasteiger partial charge is 0.396 e. The van der Waals surface area contributed by atoms with Gasteiger partial charge in [-0.3, -0.25) is 9.78 Å². The third kappa shape index (κ3) is 3.61. The maximum absolute atomic E-state index is 12.9.